The minimum absolute atomic E-state index is 0.253. The summed E-state index contributed by atoms with van der Waals surface area (Å²) in [6.45, 7) is 9.14. The molecule has 0 saturated carbocycles. The third kappa shape index (κ3) is 4.01. The lowest BCUT2D eigenvalue weighted by atomic mass is 9.95. The van der Waals surface area contributed by atoms with Gasteiger partial charge in [-0.05, 0) is 11.6 Å². The highest BCUT2D eigenvalue weighted by Crippen LogP contribution is 2.28. The van der Waals surface area contributed by atoms with Crippen molar-refractivity contribution < 1.29 is 13.2 Å². The molecule has 0 unspecified atom stereocenters. The van der Waals surface area contributed by atoms with Gasteiger partial charge in [-0.15, -0.1) is 5.10 Å². The van der Waals surface area contributed by atoms with Crippen LogP contribution in [0.5, 0.6) is 0 Å². The number of ether oxygens (including phenoxy) is 1. The smallest absolute Gasteiger partial charge is 0.184 e. The molecule has 1 saturated heterocycles. The zero-order valence-electron chi connectivity index (χ0n) is 17.7. The third-order valence-corrected chi connectivity index (χ3v) is 6.22. The fourth-order valence-corrected chi connectivity index (χ4v) is 4.37. The van der Waals surface area contributed by atoms with Crippen molar-refractivity contribution in [3.05, 3.63) is 35.7 Å². The Balaban J connectivity index is 1.85. The van der Waals surface area contributed by atoms with E-state index in [0.717, 1.165) is 18.9 Å². The van der Waals surface area contributed by atoms with Crippen molar-refractivity contribution >= 4 is 26.8 Å². The fraction of sp³-hybridized carbons (Fsp3) is 0.500. The van der Waals surface area contributed by atoms with E-state index in [2.05, 4.69) is 36.0 Å². The summed E-state index contributed by atoms with van der Waals surface area (Å²) in [5.74, 6) is 1.44. The van der Waals surface area contributed by atoms with Gasteiger partial charge < -0.3 is 9.64 Å². The minimum atomic E-state index is -3.36. The average molecular weight is 431 g/mol. The van der Waals surface area contributed by atoms with E-state index in [0.29, 0.717) is 35.8 Å². The van der Waals surface area contributed by atoms with E-state index in [-0.39, 0.29) is 16.9 Å². The quantitative estimate of drug-likeness (QED) is 0.617. The monoisotopic (exact) mass is 430 g/mol. The Morgan fingerprint density at radius 3 is 2.47 bits per heavy atom. The Morgan fingerprint density at radius 1 is 1.10 bits per heavy atom. The highest BCUT2D eigenvalue weighted by molar-refractivity contribution is 7.90. The lowest BCUT2D eigenvalue weighted by molar-refractivity contribution is 0.122. The number of nitrogens with zero attached hydrogens (tertiary/aromatic N) is 6. The molecule has 0 N–H and O–H groups in total. The van der Waals surface area contributed by atoms with Crippen LogP contribution in [0.25, 0.3) is 11.2 Å². The second-order valence-electron chi connectivity index (χ2n) is 8.52. The Bertz CT molecular complexity index is 1180. The number of benzene rings is 1. The number of hydrogen-bond acceptors (Lipinski definition) is 8. The maximum atomic E-state index is 12.2. The first-order valence-corrected chi connectivity index (χ1v) is 11.8. The molecule has 30 heavy (non-hydrogen) atoms. The predicted octanol–water partition coefficient (Wildman–Crippen LogP) is 1.81. The molecule has 0 spiro atoms. The van der Waals surface area contributed by atoms with Crippen molar-refractivity contribution in [2.45, 2.75) is 37.6 Å². The summed E-state index contributed by atoms with van der Waals surface area (Å²) in [6.07, 6.45) is 1.21. The maximum Gasteiger partial charge on any atom is 0.184 e. The first kappa shape index (κ1) is 20.7. The normalized spacial score (nSPS) is 15.7. The molecule has 160 valence electrons. The lowest BCUT2D eigenvalue weighted by Crippen LogP contribution is -2.37. The minimum Gasteiger partial charge on any atom is -0.378 e. The molecule has 3 aromatic rings. The van der Waals surface area contributed by atoms with Crippen LogP contribution >= 0.6 is 0 Å². The van der Waals surface area contributed by atoms with Crippen LogP contribution in [0.4, 0.5) is 5.82 Å². The molecular weight excluding hydrogens is 404 g/mol. The molecule has 0 atom stereocenters. The van der Waals surface area contributed by atoms with E-state index in [1.54, 1.807) is 22.9 Å². The van der Waals surface area contributed by atoms with Crippen LogP contribution in [0.1, 0.15) is 32.2 Å². The molecule has 3 heterocycles. The molecule has 0 radical (unpaired) electrons. The number of sulfone groups is 1. The van der Waals surface area contributed by atoms with Crippen molar-refractivity contribution in [3.8, 4) is 0 Å². The molecule has 0 amide bonds. The van der Waals surface area contributed by atoms with E-state index in [4.69, 9.17) is 14.7 Å². The van der Waals surface area contributed by atoms with Crippen LogP contribution in [0.2, 0.25) is 0 Å². The van der Waals surface area contributed by atoms with E-state index >= 15 is 0 Å². The van der Waals surface area contributed by atoms with Gasteiger partial charge in [0.1, 0.15) is 5.82 Å². The summed E-state index contributed by atoms with van der Waals surface area (Å²) < 4.78 is 31.5. The van der Waals surface area contributed by atoms with Gasteiger partial charge in [0.15, 0.2) is 26.8 Å². The highest BCUT2D eigenvalue weighted by Gasteiger charge is 2.26. The maximum absolute atomic E-state index is 12.2. The largest absolute Gasteiger partial charge is 0.378 e. The SMILES string of the molecule is CC(C)(C)c1nc(N2CCOCC2)c2nnn(Cc3ccccc3S(C)(=O)=O)c2n1. The van der Waals surface area contributed by atoms with Gasteiger partial charge in [-0.1, -0.05) is 44.2 Å². The summed E-state index contributed by atoms with van der Waals surface area (Å²) in [6, 6.07) is 6.94. The number of hydrogen-bond donors (Lipinski definition) is 0. The van der Waals surface area contributed by atoms with Gasteiger partial charge in [-0.25, -0.2) is 23.1 Å². The Hall–Kier alpha value is -2.59. The fourth-order valence-electron chi connectivity index (χ4n) is 3.44. The van der Waals surface area contributed by atoms with Crippen molar-refractivity contribution in [2.24, 2.45) is 0 Å². The zero-order chi connectivity index (χ0) is 21.5. The first-order chi connectivity index (χ1) is 14.1. The molecule has 1 aromatic carbocycles. The van der Waals surface area contributed by atoms with E-state index < -0.39 is 9.84 Å². The Morgan fingerprint density at radius 2 is 1.80 bits per heavy atom. The highest BCUT2D eigenvalue weighted by atomic mass is 32.2. The van der Waals surface area contributed by atoms with Gasteiger partial charge in [0.05, 0.1) is 24.7 Å². The van der Waals surface area contributed by atoms with Crippen molar-refractivity contribution in [2.75, 3.05) is 37.5 Å². The topological polar surface area (TPSA) is 103 Å². The summed E-state index contributed by atoms with van der Waals surface area (Å²) in [7, 11) is -3.36. The van der Waals surface area contributed by atoms with E-state index in [1.165, 1.54) is 6.26 Å². The van der Waals surface area contributed by atoms with Crippen molar-refractivity contribution in [1.82, 2.24) is 25.0 Å². The van der Waals surface area contributed by atoms with E-state index in [9.17, 15) is 8.42 Å². The second-order valence-corrected chi connectivity index (χ2v) is 10.5. The number of morpholine rings is 1. The first-order valence-electron chi connectivity index (χ1n) is 9.87. The number of anilines is 1. The number of aromatic nitrogens is 5. The van der Waals surface area contributed by atoms with Gasteiger partial charge in [0.25, 0.3) is 0 Å². The molecule has 10 heteroatoms. The molecule has 4 rings (SSSR count). The molecule has 2 aromatic heterocycles. The molecule has 1 fully saturated rings. The lowest BCUT2D eigenvalue weighted by Gasteiger charge is -2.29. The number of fused-ring (bicyclic) bond motifs is 1. The molecule has 1 aliphatic rings. The molecule has 1 aliphatic heterocycles. The predicted molar refractivity (Wildman–Crippen MR) is 114 cm³/mol. The van der Waals surface area contributed by atoms with Gasteiger partial charge in [-0.3, -0.25) is 0 Å². The standard InChI is InChI=1S/C20H26N6O3S/c1-20(2,3)19-21-17(25-9-11-29-12-10-25)16-18(22-19)26(24-23-16)13-14-7-5-6-8-15(14)30(4,27)28/h5-8H,9-13H2,1-4H3. The Kier molecular flexibility index (Phi) is 5.23. The van der Waals surface area contributed by atoms with Gasteiger partial charge in [-0.2, -0.15) is 0 Å². The average Bonchev–Trinajstić information content (AvgIpc) is 3.10. The number of rotatable bonds is 4. The van der Waals surface area contributed by atoms with Crippen LogP contribution in [0.3, 0.4) is 0 Å². The molecule has 0 aliphatic carbocycles. The van der Waals surface area contributed by atoms with Crippen molar-refractivity contribution in [3.63, 3.8) is 0 Å². The van der Waals surface area contributed by atoms with Crippen molar-refractivity contribution in [1.29, 1.82) is 0 Å². The van der Waals surface area contributed by atoms with Gasteiger partial charge >= 0.3 is 0 Å². The van der Waals surface area contributed by atoms with E-state index in [1.807, 2.05) is 6.07 Å². The van der Waals surface area contributed by atoms with Crippen LogP contribution < -0.4 is 4.90 Å². The van der Waals surface area contributed by atoms with Crippen LogP contribution in [0, 0.1) is 0 Å². The zero-order valence-corrected chi connectivity index (χ0v) is 18.5. The summed E-state index contributed by atoms with van der Waals surface area (Å²) in [5, 5.41) is 8.66. The molecule has 0 bridgehead atoms. The molecule has 9 nitrogen and oxygen atoms in total. The Labute approximate surface area is 176 Å². The summed E-state index contributed by atoms with van der Waals surface area (Å²) >= 11 is 0. The second kappa shape index (κ2) is 7.59. The summed E-state index contributed by atoms with van der Waals surface area (Å²) in [4.78, 5) is 12.0. The van der Waals surface area contributed by atoms with Crippen LogP contribution in [-0.2, 0) is 26.5 Å². The van der Waals surface area contributed by atoms with Gasteiger partial charge in [0.2, 0.25) is 0 Å². The third-order valence-electron chi connectivity index (χ3n) is 5.02. The molecular formula is C20H26N6O3S. The van der Waals surface area contributed by atoms with Gasteiger partial charge in [0, 0.05) is 24.8 Å². The van der Waals surface area contributed by atoms with Crippen LogP contribution in [-0.4, -0.2) is 65.9 Å². The summed E-state index contributed by atoms with van der Waals surface area (Å²) in [5.41, 5.74) is 1.59. The van der Waals surface area contributed by atoms with Crippen LogP contribution in [0.15, 0.2) is 29.2 Å².